The van der Waals surface area contributed by atoms with Gasteiger partial charge in [0, 0.05) is 13.0 Å². The van der Waals surface area contributed by atoms with Crippen LogP contribution in [0.25, 0.3) is 0 Å². The summed E-state index contributed by atoms with van der Waals surface area (Å²) < 4.78 is 5.33. The van der Waals surface area contributed by atoms with E-state index in [2.05, 4.69) is 0 Å². The van der Waals surface area contributed by atoms with Crippen molar-refractivity contribution in [2.75, 3.05) is 6.61 Å². The van der Waals surface area contributed by atoms with Crippen LogP contribution in [0.3, 0.4) is 0 Å². The van der Waals surface area contributed by atoms with E-state index in [1.807, 2.05) is 30.3 Å². The van der Waals surface area contributed by atoms with Gasteiger partial charge >= 0.3 is 0 Å². The van der Waals surface area contributed by atoms with Gasteiger partial charge in [-0.3, -0.25) is 4.79 Å². The molecule has 0 unspecified atom stereocenters. The minimum Gasteiger partial charge on any atom is -0.385 e. The van der Waals surface area contributed by atoms with Gasteiger partial charge in [-0.1, -0.05) is 30.3 Å². The van der Waals surface area contributed by atoms with E-state index in [0.29, 0.717) is 19.6 Å². The number of ether oxygens (including phenoxy) is 1. The quantitative estimate of drug-likeness (QED) is 0.721. The van der Waals surface area contributed by atoms with E-state index in [4.69, 9.17) is 4.74 Å². The summed E-state index contributed by atoms with van der Waals surface area (Å²) in [6.07, 6.45) is -0.525. The third-order valence-electron chi connectivity index (χ3n) is 2.12. The van der Waals surface area contributed by atoms with E-state index in [1.54, 1.807) is 0 Å². The number of ketones is 1. The molecule has 1 atom stereocenters. The molecular weight excluding hydrogens is 192 g/mol. The Morgan fingerprint density at radius 1 is 1.40 bits per heavy atom. The van der Waals surface area contributed by atoms with Crippen molar-refractivity contribution in [3.05, 3.63) is 35.9 Å². The first kappa shape index (κ1) is 11.9. The summed E-state index contributed by atoms with van der Waals surface area (Å²) >= 11 is 0. The second kappa shape index (κ2) is 6.32. The summed E-state index contributed by atoms with van der Waals surface area (Å²) in [5, 5.41) is 9.19. The molecule has 1 rings (SSSR count). The van der Waals surface area contributed by atoms with Crippen molar-refractivity contribution in [1.29, 1.82) is 0 Å². The van der Waals surface area contributed by atoms with E-state index in [1.165, 1.54) is 6.92 Å². The lowest BCUT2D eigenvalue weighted by atomic mass is 10.2. The smallest absolute Gasteiger partial charge is 0.158 e. The predicted octanol–water partition coefficient (Wildman–Crippen LogP) is 1.54. The van der Waals surface area contributed by atoms with E-state index in [9.17, 15) is 9.90 Å². The Hall–Kier alpha value is -1.19. The first-order valence-electron chi connectivity index (χ1n) is 5.00. The van der Waals surface area contributed by atoms with Gasteiger partial charge in [0.1, 0.15) is 6.10 Å². The maximum absolute atomic E-state index is 10.7. The lowest BCUT2D eigenvalue weighted by Gasteiger charge is -2.07. The van der Waals surface area contributed by atoms with E-state index < -0.39 is 6.10 Å². The summed E-state index contributed by atoms with van der Waals surface area (Å²) in [6.45, 7) is 2.29. The van der Waals surface area contributed by atoms with Gasteiger partial charge in [-0.15, -0.1) is 0 Å². The summed E-state index contributed by atoms with van der Waals surface area (Å²) in [5.41, 5.74) is 1.09. The molecule has 0 aliphatic carbocycles. The van der Waals surface area contributed by atoms with Gasteiger partial charge < -0.3 is 9.84 Å². The molecule has 3 heteroatoms. The second-order valence-corrected chi connectivity index (χ2v) is 3.45. The van der Waals surface area contributed by atoms with Crippen molar-refractivity contribution in [3.8, 4) is 0 Å². The molecule has 1 aromatic rings. The van der Waals surface area contributed by atoms with Gasteiger partial charge in [-0.25, -0.2) is 0 Å². The summed E-state index contributed by atoms with van der Waals surface area (Å²) in [7, 11) is 0. The van der Waals surface area contributed by atoms with Crippen LogP contribution in [0.1, 0.15) is 18.9 Å². The van der Waals surface area contributed by atoms with Crippen molar-refractivity contribution in [3.63, 3.8) is 0 Å². The molecule has 0 saturated heterocycles. The van der Waals surface area contributed by atoms with Crippen LogP contribution in [-0.4, -0.2) is 23.6 Å². The van der Waals surface area contributed by atoms with Crippen molar-refractivity contribution in [2.45, 2.75) is 26.1 Å². The Labute approximate surface area is 89.7 Å². The lowest BCUT2D eigenvalue weighted by Crippen LogP contribution is -2.18. The molecule has 0 amide bonds. The van der Waals surface area contributed by atoms with Gasteiger partial charge in [0.2, 0.25) is 0 Å². The molecule has 0 bridgehead atoms. The standard InChI is InChI=1S/C12H16O3/c1-10(13)12(14)7-8-15-9-11-5-3-2-4-6-11/h2-6,12,14H,7-9H2,1H3/t12-/m1/s1. The first-order valence-corrected chi connectivity index (χ1v) is 5.00. The van der Waals surface area contributed by atoms with Crippen molar-refractivity contribution in [1.82, 2.24) is 0 Å². The third-order valence-corrected chi connectivity index (χ3v) is 2.12. The molecule has 3 nitrogen and oxygen atoms in total. The highest BCUT2D eigenvalue weighted by Gasteiger charge is 2.08. The van der Waals surface area contributed by atoms with Crippen molar-refractivity contribution >= 4 is 5.78 Å². The molecule has 0 aliphatic rings. The second-order valence-electron chi connectivity index (χ2n) is 3.45. The average molecular weight is 208 g/mol. The molecule has 0 heterocycles. The maximum Gasteiger partial charge on any atom is 0.158 e. The topological polar surface area (TPSA) is 46.5 Å². The summed E-state index contributed by atoms with van der Waals surface area (Å²) in [4.78, 5) is 10.7. The predicted molar refractivity (Wildman–Crippen MR) is 57.4 cm³/mol. The number of hydrogen-bond acceptors (Lipinski definition) is 3. The fourth-order valence-corrected chi connectivity index (χ4v) is 1.16. The van der Waals surface area contributed by atoms with E-state index in [-0.39, 0.29) is 5.78 Å². The number of carbonyl (C=O) groups excluding carboxylic acids is 1. The Balaban J connectivity index is 2.15. The number of hydrogen-bond donors (Lipinski definition) is 1. The number of aliphatic hydroxyl groups is 1. The number of benzene rings is 1. The van der Waals surface area contributed by atoms with Gasteiger partial charge in [-0.05, 0) is 12.5 Å². The first-order chi connectivity index (χ1) is 7.20. The molecule has 0 saturated carbocycles. The SMILES string of the molecule is CC(=O)[C@H](O)CCOCc1ccccc1. The molecule has 1 N–H and O–H groups in total. The summed E-state index contributed by atoms with van der Waals surface area (Å²) in [5.74, 6) is -0.210. The van der Waals surface area contributed by atoms with Gasteiger partial charge in [0.05, 0.1) is 6.61 Å². The molecule has 15 heavy (non-hydrogen) atoms. The lowest BCUT2D eigenvalue weighted by molar-refractivity contribution is -0.125. The molecule has 0 aliphatic heterocycles. The number of rotatable bonds is 6. The Bertz CT molecular complexity index is 295. The van der Waals surface area contributed by atoms with Crippen LogP contribution in [0.2, 0.25) is 0 Å². The largest absolute Gasteiger partial charge is 0.385 e. The van der Waals surface area contributed by atoms with Crippen LogP contribution in [0.5, 0.6) is 0 Å². The Kier molecular flexibility index (Phi) is 5.01. The normalized spacial score (nSPS) is 12.4. The van der Waals surface area contributed by atoms with Gasteiger partial charge in [-0.2, -0.15) is 0 Å². The van der Waals surface area contributed by atoms with Crippen molar-refractivity contribution in [2.24, 2.45) is 0 Å². The van der Waals surface area contributed by atoms with Gasteiger partial charge in [0.25, 0.3) is 0 Å². The highest BCUT2D eigenvalue weighted by molar-refractivity contribution is 5.79. The zero-order chi connectivity index (χ0) is 11.1. The molecule has 0 fully saturated rings. The minimum absolute atomic E-state index is 0.210. The third kappa shape index (κ3) is 4.72. The van der Waals surface area contributed by atoms with Crippen LogP contribution in [0.15, 0.2) is 30.3 Å². The number of Topliss-reactive ketones (excluding diaryl/α,β-unsaturated/α-hetero) is 1. The fraction of sp³-hybridized carbons (Fsp3) is 0.417. The minimum atomic E-state index is -0.888. The zero-order valence-corrected chi connectivity index (χ0v) is 8.85. The van der Waals surface area contributed by atoms with Gasteiger partial charge in [0.15, 0.2) is 5.78 Å². The van der Waals surface area contributed by atoms with E-state index in [0.717, 1.165) is 5.56 Å². The van der Waals surface area contributed by atoms with Crippen LogP contribution in [0.4, 0.5) is 0 Å². The van der Waals surface area contributed by atoms with Crippen LogP contribution in [0, 0.1) is 0 Å². The maximum atomic E-state index is 10.7. The molecule has 1 aromatic carbocycles. The monoisotopic (exact) mass is 208 g/mol. The number of carbonyl (C=O) groups is 1. The van der Waals surface area contributed by atoms with E-state index >= 15 is 0 Å². The molecule has 0 aromatic heterocycles. The average Bonchev–Trinajstić information content (AvgIpc) is 2.25. The summed E-state index contributed by atoms with van der Waals surface area (Å²) in [6, 6.07) is 9.79. The highest BCUT2D eigenvalue weighted by Crippen LogP contribution is 2.02. The Morgan fingerprint density at radius 2 is 2.07 bits per heavy atom. The fourth-order valence-electron chi connectivity index (χ4n) is 1.16. The highest BCUT2D eigenvalue weighted by atomic mass is 16.5. The van der Waals surface area contributed by atoms with Crippen LogP contribution < -0.4 is 0 Å². The van der Waals surface area contributed by atoms with Crippen molar-refractivity contribution < 1.29 is 14.6 Å². The molecule has 0 spiro atoms. The van der Waals surface area contributed by atoms with Crippen LogP contribution >= 0.6 is 0 Å². The molecule has 82 valence electrons. The Morgan fingerprint density at radius 3 is 2.67 bits per heavy atom. The molecule has 0 radical (unpaired) electrons. The molecular formula is C12H16O3. The number of aliphatic hydroxyl groups excluding tert-OH is 1. The zero-order valence-electron chi connectivity index (χ0n) is 8.85. The van der Waals surface area contributed by atoms with Crippen LogP contribution in [-0.2, 0) is 16.1 Å².